The van der Waals surface area contributed by atoms with Gasteiger partial charge in [-0.3, -0.25) is 0 Å². The number of nitrogens with zero attached hydrogens (tertiary/aromatic N) is 2. The van der Waals surface area contributed by atoms with Crippen molar-refractivity contribution < 1.29 is 8.83 Å². The molecule has 1 aliphatic rings. The Morgan fingerprint density at radius 1 is 0.236 bits per heavy atom. The zero-order valence-corrected chi connectivity index (χ0v) is 48.5. The third-order valence-electron chi connectivity index (χ3n) is 18.1. The second kappa shape index (κ2) is 21.4. The number of rotatable bonds is 12. The Hall–Kier alpha value is -11.7. The molecule has 0 radical (unpaired) electrons. The fourth-order valence-electron chi connectivity index (χ4n) is 14.1. The van der Waals surface area contributed by atoms with Crippen LogP contribution < -0.4 is 9.80 Å². The lowest BCUT2D eigenvalue weighted by atomic mass is 9.67. The standard InChI is InChI=1S/C85H56N2O2/c1-7-25-59(26-8-1)81-75-49-45-71(55-79(75)88-83(81)61-29-11-3-12-30-61)86(67-41-39-57-23-19-21-33-63(57)51-67)69-43-47-73-74-48-44-70(54-78(74)85(77(73)53-69,65-35-15-5-16-36-65)66-37-17-6-18-38-66)87(68-42-40-58-24-20-22-34-64(58)52-68)72-46-50-76-80(56-72)89-84(62-31-13-4-14-32-62)82(76)60-27-9-2-10-28-60/h1-56H. The van der Waals surface area contributed by atoms with E-state index < -0.39 is 5.41 Å². The number of hydrogen-bond donors (Lipinski definition) is 0. The quantitative estimate of drug-likeness (QED) is 0.122. The molecule has 0 aliphatic heterocycles. The van der Waals surface area contributed by atoms with Gasteiger partial charge in [-0.05, 0) is 139 Å². The van der Waals surface area contributed by atoms with Crippen molar-refractivity contribution in [3.05, 3.63) is 362 Å². The van der Waals surface area contributed by atoms with Crippen LogP contribution in [0.3, 0.4) is 0 Å². The van der Waals surface area contributed by atoms with Gasteiger partial charge in [-0.2, -0.15) is 0 Å². The lowest BCUT2D eigenvalue weighted by Crippen LogP contribution is -2.29. The largest absolute Gasteiger partial charge is 0.455 e. The molecule has 418 valence electrons. The van der Waals surface area contributed by atoms with Crippen molar-refractivity contribution in [2.75, 3.05) is 9.80 Å². The molecule has 0 spiro atoms. The van der Waals surface area contributed by atoms with Gasteiger partial charge in [0.15, 0.2) is 0 Å². The van der Waals surface area contributed by atoms with Crippen molar-refractivity contribution >= 4 is 77.6 Å². The van der Waals surface area contributed by atoms with Crippen LogP contribution in [0.5, 0.6) is 0 Å². The van der Waals surface area contributed by atoms with Gasteiger partial charge in [-0.25, -0.2) is 0 Å². The molecule has 0 bridgehead atoms. The van der Waals surface area contributed by atoms with Crippen LogP contribution in [0.1, 0.15) is 22.3 Å². The van der Waals surface area contributed by atoms with Crippen molar-refractivity contribution in [1.29, 1.82) is 0 Å². The van der Waals surface area contributed by atoms with Crippen LogP contribution in [-0.2, 0) is 5.41 Å². The molecule has 0 saturated heterocycles. The van der Waals surface area contributed by atoms with Gasteiger partial charge in [0, 0.05) is 79.3 Å². The molecule has 0 N–H and O–H groups in total. The number of furan rings is 2. The molecule has 0 fully saturated rings. The minimum absolute atomic E-state index is 0.774. The number of anilines is 6. The summed E-state index contributed by atoms with van der Waals surface area (Å²) in [6.45, 7) is 0. The highest BCUT2D eigenvalue weighted by Gasteiger charge is 2.47. The Morgan fingerprint density at radius 3 is 0.933 bits per heavy atom. The lowest BCUT2D eigenvalue weighted by molar-refractivity contribution is 0.632. The van der Waals surface area contributed by atoms with Gasteiger partial charge in [0.1, 0.15) is 22.7 Å². The van der Waals surface area contributed by atoms with Crippen LogP contribution in [0.2, 0.25) is 0 Å². The normalized spacial score (nSPS) is 12.4. The second-order valence-corrected chi connectivity index (χ2v) is 23.1. The Labute approximate surface area is 516 Å². The summed E-state index contributed by atoms with van der Waals surface area (Å²) in [4.78, 5) is 4.82. The van der Waals surface area contributed by atoms with E-state index in [-0.39, 0.29) is 0 Å². The Balaban J connectivity index is 0.884. The predicted molar refractivity (Wildman–Crippen MR) is 369 cm³/mol. The molecule has 0 unspecified atom stereocenters. The maximum Gasteiger partial charge on any atom is 0.143 e. The fraction of sp³-hybridized carbons (Fsp3) is 0.0118. The van der Waals surface area contributed by atoms with E-state index in [9.17, 15) is 0 Å². The number of benzene rings is 14. The molecule has 17 rings (SSSR count). The van der Waals surface area contributed by atoms with Crippen molar-refractivity contribution in [3.63, 3.8) is 0 Å². The summed E-state index contributed by atoms with van der Waals surface area (Å²) in [7, 11) is 0. The highest BCUT2D eigenvalue weighted by Crippen LogP contribution is 2.59. The summed E-state index contributed by atoms with van der Waals surface area (Å²) in [5, 5.41) is 6.79. The SMILES string of the molecule is c1ccc(-c2oc3cc(N(c4ccc5c(c4)C(c4ccccc4)(c4ccccc4)c4cc(N(c6ccc7ccccc7c6)c6ccc7c(-c8ccccc8)c(-c8ccccc8)oc7c6)ccc4-5)c4ccc5ccccc5c4)ccc3c2-c2ccccc2)cc1. The van der Waals surface area contributed by atoms with E-state index in [0.717, 1.165) is 112 Å². The van der Waals surface area contributed by atoms with Crippen LogP contribution in [0.4, 0.5) is 34.1 Å². The van der Waals surface area contributed by atoms with Crippen molar-refractivity contribution in [2.24, 2.45) is 0 Å². The lowest BCUT2D eigenvalue weighted by Gasteiger charge is -2.35. The molecule has 16 aromatic rings. The van der Waals surface area contributed by atoms with Crippen LogP contribution in [0, 0.1) is 0 Å². The van der Waals surface area contributed by atoms with Gasteiger partial charge >= 0.3 is 0 Å². The third kappa shape index (κ3) is 8.67. The third-order valence-corrected chi connectivity index (χ3v) is 18.1. The molecule has 4 nitrogen and oxygen atoms in total. The van der Waals surface area contributed by atoms with Gasteiger partial charge in [-0.1, -0.05) is 255 Å². The van der Waals surface area contributed by atoms with Gasteiger partial charge in [-0.15, -0.1) is 0 Å². The minimum Gasteiger partial charge on any atom is -0.455 e. The molecular weight excluding hydrogens is 1080 g/mol. The van der Waals surface area contributed by atoms with E-state index in [1.165, 1.54) is 44.2 Å². The van der Waals surface area contributed by atoms with Gasteiger partial charge in [0.05, 0.1) is 5.41 Å². The molecule has 1 aliphatic carbocycles. The molecule has 2 heterocycles. The zero-order valence-electron chi connectivity index (χ0n) is 48.5. The maximum absolute atomic E-state index is 7.08. The first-order valence-electron chi connectivity index (χ1n) is 30.5. The Morgan fingerprint density at radius 2 is 0.539 bits per heavy atom. The Bertz CT molecular complexity index is 4970. The van der Waals surface area contributed by atoms with Gasteiger partial charge < -0.3 is 18.6 Å². The summed E-state index contributed by atoms with van der Waals surface area (Å²) in [6, 6.07) is 123. The van der Waals surface area contributed by atoms with E-state index in [4.69, 9.17) is 8.83 Å². The molecule has 14 aromatic carbocycles. The maximum atomic E-state index is 7.08. The smallest absolute Gasteiger partial charge is 0.143 e. The molecular formula is C85H56N2O2. The number of fused-ring (bicyclic) bond motifs is 7. The average Bonchev–Trinajstić information content (AvgIpc) is 1.69. The van der Waals surface area contributed by atoms with E-state index in [2.05, 4.69) is 350 Å². The summed E-state index contributed by atoms with van der Waals surface area (Å²) in [6.07, 6.45) is 0. The van der Waals surface area contributed by atoms with Crippen LogP contribution in [0.15, 0.2) is 349 Å². The van der Waals surface area contributed by atoms with Crippen molar-refractivity contribution in [1.82, 2.24) is 0 Å². The zero-order chi connectivity index (χ0) is 58.8. The molecule has 4 heteroatoms. The molecule has 89 heavy (non-hydrogen) atoms. The summed E-state index contributed by atoms with van der Waals surface area (Å²) in [5.41, 5.74) is 20.5. The van der Waals surface area contributed by atoms with E-state index in [0.29, 0.717) is 0 Å². The Kier molecular flexibility index (Phi) is 12.4. The van der Waals surface area contributed by atoms with Crippen molar-refractivity contribution in [3.8, 4) is 56.0 Å². The first-order valence-corrected chi connectivity index (χ1v) is 30.5. The van der Waals surface area contributed by atoms with Gasteiger partial charge in [0.2, 0.25) is 0 Å². The van der Waals surface area contributed by atoms with Crippen LogP contribution in [-0.4, -0.2) is 0 Å². The molecule has 0 atom stereocenters. The topological polar surface area (TPSA) is 32.8 Å². The number of hydrogen-bond acceptors (Lipinski definition) is 4. The monoisotopic (exact) mass is 1140 g/mol. The van der Waals surface area contributed by atoms with Crippen LogP contribution in [0.25, 0.3) is 99.5 Å². The van der Waals surface area contributed by atoms with Crippen molar-refractivity contribution in [2.45, 2.75) is 5.41 Å². The fourth-order valence-corrected chi connectivity index (χ4v) is 14.1. The molecule has 0 amide bonds. The average molecular weight is 1140 g/mol. The summed E-state index contributed by atoms with van der Waals surface area (Å²) in [5.74, 6) is 1.70. The minimum atomic E-state index is -0.774. The van der Waals surface area contributed by atoms with E-state index in [1.54, 1.807) is 0 Å². The highest BCUT2D eigenvalue weighted by atomic mass is 16.3. The predicted octanol–water partition coefficient (Wildman–Crippen LogP) is 23.5. The highest BCUT2D eigenvalue weighted by molar-refractivity contribution is 6.06. The van der Waals surface area contributed by atoms with Gasteiger partial charge in [0.25, 0.3) is 0 Å². The second-order valence-electron chi connectivity index (χ2n) is 23.1. The first-order chi connectivity index (χ1) is 44.1. The first kappa shape index (κ1) is 51.7. The van der Waals surface area contributed by atoms with E-state index in [1.807, 2.05) is 0 Å². The summed E-state index contributed by atoms with van der Waals surface area (Å²) >= 11 is 0. The molecule has 0 saturated carbocycles. The molecule has 2 aromatic heterocycles. The van der Waals surface area contributed by atoms with Crippen LogP contribution >= 0.6 is 0 Å². The van der Waals surface area contributed by atoms with E-state index >= 15 is 0 Å². The summed E-state index contributed by atoms with van der Waals surface area (Å²) < 4.78 is 14.2.